The first-order valence-electron chi connectivity index (χ1n) is 19.3. The normalized spacial score (nSPS) is 18.8. The summed E-state index contributed by atoms with van der Waals surface area (Å²) in [6.45, 7) is 11.2. The number of fused-ring (bicyclic) bond motifs is 1. The number of imide groups is 1. The van der Waals surface area contributed by atoms with Crippen LogP contribution in [0.3, 0.4) is 0 Å². The first-order chi connectivity index (χ1) is 26.4. The van der Waals surface area contributed by atoms with Crippen LogP contribution in [0.25, 0.3) is 11.1 Å². The number of hydrogen-bond acceptors (Lipinski definition) is 7. The molecule has 0 saturated carbocycles. The van der Waals surface area contributed by atoms with Gasteiger partial charge in [-0.15, -0.1) is 0 Å². The largest absolute Gasteiger partial charge is 0.516 e. The number of rotatable bonds is 16. The minimum Gasteiger partial charge on any atom is -0.516 e. The molecule has 3 aromatic rings. The fraction of sp³-hybridized carbons (Fsp3) is 0.356. The van der Waals surface area contributed by atoms with E-state index in [0.29, 0.717) is 31.1 Å². The Kier molecular flexibility index (Phi) is 13.2. The van der Waals surface area contributed by atoms with Crippen molar-refractivity contribution < 1.29 is 24.2 Å². The molecular formula is C45H52N4O5. The fourth-order valence-corrected chi connectivity index (χ4v) is 7.90. The van der Waals surface area contributed by atoms with Crippen molar-refractivity contribution in [3.8, 4) is 5.75 Å². The summed E-state index contributed by atoms with van der Waals surface area (Å²) in [7, 11) is 0. The molecule has 3 N–H and O–H groups in total. The van der Waals surface area contributed by atoms with Crippen molar-refractivity contribution in [3.63, 3.8) is 0 Å². The van der Waals surface area contributed by atoms with Crippen molar-refractivity contribution in [2.24, 2.45) is 5.92 Å². The molecule has 0 aromatic heterocycles. The third-order valence-electron chi connectivity index (χ3n) is 10.8. The van der Waals surface area contributed by atoms with E-state index >= 15 is 0 Å². The smallest absolute Gasteiger partial charge is 0.255 e. The Balaban J connectivity index is 0.923. The number of likely N-dealkylation sites (tertiary alicyclic amines) is 1. The summed E-state index contributed by atoms with van der Waals surface area (Å²) >= 11 is 0. The summed E-state index contributed by atoms with van der Waals surface area (Å²) in [5.74, 6) is 0.753. The number of benzene rings is 3. The van der Waals surface area contributed by atoms with Crippen LogP contribution >= 0.6 is 0 Å². The highest BCUT2D eigenvalue weighted by Gasteiger charge is 2.39. The quantitative estimate of drug-likeness (QED) is 0.0452. The van der Waals surface area contributed by atoms with E-state index in [1.165, 1.54) is 24.8 Å². The van der Waals surface area contributed by atoms with Gasteiger partial charge in [-0.25, -0.2) is 0 Å². The number of nitrogens with zero attached hydrogens (tertiary/aromatic N) is 2. The molecule has 0 aliphatic carbocycles. The van der Waals surface area contributed by atoms with Crippen molar-refractivity contribution in [3.05, 3.63) is 132 Å². The molecule has 9 heteroatoms. The molecule has 2 saturated heterocycles. The molecule has 3 amide bonds. The minimum absolute atomic E-state index is 0.144. The number of hydrogen-bond donors (Lipinski definition) is 3. The zero-order valence-electron chi connectivity index (χ0n) is 31.3. The van der Waals surface area contributed by atoms with Crippen LogP contribution < -0.4 is 15.4 Å². The number of ether oxygens (including phenoxy) is 1. The van der Waals surface area contributed by atoms with E-state index in [1.54, 1.807) is 11.0 Å². The monoisotopic (exact) mass is 728 g/mol. The molecule has 6 rings (SSSR count). The number of nitrogens with one attached hydrogen (secondary N) is 2. The third-order valence-corrected chi connectivity index (χ3v) is 10.8. The van der Waals surface area contributed by atoms with E-state index in [9.17, 15) is 19.5 Å². The summed E-state index contributed by atoms with van der Waals surface area (Å²) < 4.78 is 6.20. The van der Waals surface area contributed by atoms with Gasteiger partial charge < -0.3 is 20.1 Å². The van der Waals surface area contributed by atoms with Crippen LogP contribution in [0.4, 0.5) is 5.69 Å². The average Bonchev–Trinajstić information content (AvgIpc) is 3.52. The van der Waals surface area contributed by atoms with Gasteiger partial charge in [0.1, 0.15) is 18.4 Å². The molecule has 9 nitrogen and oxygen atoms in total. The van der Waals surface area contributed by atoms with Crippen LogP contribution in [0.15, 0.2) is 109 Å². The number of carbonyl (C=O) groups excluding carboxylic acids is 3. The molecule has 1 unspecified atom stereocenters. The van der Waals surface area contributed by atoms with E-state index in [0.717, 1.165) is 84.6 Å². The molecule has 0 bridgehead atoms. The van der Waals surface area contributed by atoms with Gasteiger partial charge in [0, 0.05) is 37.3 Å². The van der Waals surface area contributed by atoms with E-state index in [4.69, 9.17) is 4.74 Å². The van der Waals surface area contributed by atoms with Crippen LogP contribution in [0.1, 0.15) is 78.9 Å². The van der Waals surface area contributed by atoms with Gasteiger partial charge in [0.2, 0.25) is 11.8 Å². The van der Waals surface area contributed by atoms with E-state index in [-0.39, 0.29) is 24.1 Å². The summed E-state index contributed by atoms with van der Waals surface area (Å²) in [6, 6.07) is 23.9. The number of aliphatic hydroxyl groups excluding tert-OH is 1. The maximum atomic E-state index is 13.0. The Morgan fingerprint density at radius 1 is 1.00 bits per heavy atom. The maximum absolute atomic E-state index is 13.0. The molecular weight excluding hydrogens is 677 g/mol. The van der Waals surface area contributed by atoms with Crippen molar-refractivity contribution in [2.45, 2.75) is 64.5 Å². The fourth-order valence-electron chi connectivity index (χ4n) is 7.90. The molecule has 3 aliphatic rings. The van der Waals surface area contributed by atoms with E-state index in [2.05, 4.69) is 65.4 Å². The third kappa shape index (κ3) is 9.38. The van der Waals surface area contributed by atoms with E-state index in [1.807, 2.05) is 48.6 Å². The molecule has 282 valence electrons. The van der Waals surface area contributed by atoms with Crippen molar-refractivity contribution in [2.75, 3.05) is 38.1 Å². The van der Waals surface area contributed by atoms with Gasteiger partial charge in [-0.05, 0) is 127 Å². The second kappa shape index (κ2) is 18.6. The molecule has 2 fully saturated rings. The van der Waals surface area contributed by atoms with Gasteiger partial charge in [-0.1, -0.05) is 68.1 Å². The number of piperidine rings is 2. The molecule has 1 atom stereocenters. The first kappa shape index (κ1) is 38.3. The SMILES string of the molecule is C=CC(=C\C=C\O)/C(=C(\CC)c1ccccc1)c1ccc(OCCN2CCC(CCCNc3ccc4c(c3)CN(C3CCC(=O)NC3=O)C4=O)CC2)cc1. The van der Waals surface area contributed by atoms with Crippen molar-refractivity contribution >= 4 is 34.6 Å². The summed E-state index contributed by atoms with van der Waals surface area (Å²) in [4.78, 5) is 41.0. The number of carbonyl (C=O) groups is 3. The number of allylic oxidation sites excluding steroid dienone is 6. The molecule has 0 radical (unpaired) electrons. The van der Waals surface area contributed by atoms with Gasteiger partial charge in [-0.2, -0.15) is 0 Å². The second-order valence-electron chi connectivity index (χ2n) is 14.2. The number of aliphatic hydroxyl groups is 1. The van der Waals surface area contributed by atoms with Gasteiger partial charge in [-0.3, -0.25) is 24.6 Å². The Morgan fingerprint density at radius 3 is 2.48 bits per heavy atom. The van der Waals surface area contributed by atoms with Crippen molar-refractivity contribution in [1.82, 2.24) is 15.1 Å². The Labute approximate surface area is 319 Å². The zero-order valence-corrected chi connectivity index (χ0v) is 31.3. The molecule has 3 aliphatic heterocycles. The lowest BCUT2D eigenvalue weighted by Crippen LogP contribution is -2.52. The van der Waals surface area contributed by atoms with Gasteiger partial charge >= 0.3 is 0 Å². The van der Waals surface area contributed by atoms with Crippen LogP contribution in [-0.4, -0.2) is 71.5 Å². The Bertz CT molecular complexity index is 1890. The van der Waals surface area contributed by atoms with Crippen LogP contribution in [0.5, 0.6) is 5.75 Å². The maximum Gasteiger partial charge on any atom is 0.255 e. The highest BCUT2D eigenvalue weighted by Crippen LogP contribution is 2.36. The predicted octanol–water partition coefficient (Wildman–Crippen LogP) is 7.94. The molecule has 54 heavy (non-hydrogen) atoms. The second-order valence-corrected chi connectivity index (χ2v) is 14.2. The standard InChI is InChI=1S/C45H52N4O5/c1-3-33(13-9-28-50)43(39(4-2)34-11-6-5-7-12-34)35-14-17-38(18-15-35)54-29-27-48-25-22-32(23-26-48)10-8-24-46-37-16-19-40-36(30-37)31-49(45(40)53)41-20-21-42(51)47-44(41)52/h3,5-7,9,11-19,28,30,32,41,46,50H,1,4,8,10,20-27,29,31H2,2H3,(H,47,51,52)/b28-9+,33-13+,43-39-. The molecule has 3 aromatic carbocycles. The van der Waals surface area contributed by atoms with Gasteiger partial charge in [0.25, 0.3) is 5.91 Å². The Hall–Kier alpha value is -5.41. The van der Waals surface area contributed by atoms with Crippen molar-refractivity contribution in [1.29, 1.82) is 0 Å². The van der Waals surface area contributed by atoms with Crippen LogP contribution in [0, 0.1) is 5.92 Å². The number of anilines is 1. The molecule has 3 heterocycles. The molecule has 0 spiro atoms. The van der Waals surface area contributed by atoms with Crippen LogP contribution in [0.2, 0.25) is 0 Å². The lowest BCUT2D eigenvalue weighted by Gasteiger charge is -2.31. The van der Waals surface area contributed by atoms with Crippen LogP contribution in [-0.2, 0) is 16.1 Å². The average molecular weight is 729 g/mol. The van der Waals surface area contributed by atoms with Gasteiger partial charge in [0.05, 0.1) is 6.26 Å². The van der Waals surface area contributed by atoms with Gasteiger partial charge in [0.15, 0.2) is 0 Å². The predicted molar refractivity (Wildman–Crippen MR) is 215 cm³/mol. The summed E-state index contributed by atoms with van der Waals surface area (Å²) in [5, 5.41) is 15.2. The Morgan fingerprint density at radius 2 is 1.78 bits per heavy atom. The van der Waals surface area contributed by atoms with E-state index < -0.39 is 6.04 Å². The summed E-state index contributed by atoms with van der Waals surface area (Å²) in [6.07, 6.45) is 12.5. The minimum atomic E-state index is -0.594. The zero-order chi connectivity index (χ0) is 37.9. The lowest BCUT2D eigenvalue weighted by molar-refractivity contribution is -0.136. The lowest BCUT2D eigenvalue weighted by atomic mass is 9.87. The topological polar surface area (TPSA) is 111 Å². The highest BCUT2D eigenvalue weighted by molar-refractivity contribution is 6.05. The summed E-state index contributed by atoms with van der Waals surface area (Å²) in [5.41, 5.74) is 8.00. The number of amides is 3. The highest BCUT2D eigenvalue weighted by atomic mass is 16.5. The first-order valence-corrected chi connectivity index (χ1v) is 19.3.